The van der Waals surface area contributed by atoms with Crippen LogP contribution in [0.3, 0.4) is 0 Å². The Bertz CT molecular complexity index is 1060. The molecular weight excluding hydrogens is 418 g/mol. The summed E-state index contributed by atoms with van der Waals surface area (Å²) in [5, 5.41) is 6.05. The van der Waals surface area contributed by atoms with Gasteiger partial charge in [-0.1, -0.05) is 66.7 Å². The molecule has 2 amide bonds. The molecule has 3 aromatic rings. The zero-order chi connectivity index (χ0) is 22.3. The molecular formula is C26H25N3O2S. The lowest BCUT2D eigenvalue weighted by Gasteiger charge is -2.19. The second kappa shape index (κ2) is 10.2. The van der Waals surface area contributed by atoms with Crippen molar-refractivity contribution in [3.63, 3.8) is 0 Å². The first-order valence-corrected chi connectivity index (χ1v) is 11.1. The molecule has 1 fully saturated rings. The summed E-state index contributed by atoms with van der Waals surface area (Å²) in [6.07, 6.45) is 2.09. The van der Waals surface area contributed by atoms with Crippen LogP contribution in [0, 0.1) is 0 Å². The maximum Gasteiger partial charge on any atom is 0.253 e. The van der Waals surface area contributed by atoms with E-state index in [2.05, 4.69) is 10.6 Å². The van der Waals surface area contributed by atoms with Crippen molar-refractivity contribution in [1.29, 1.82) is 0 Å². The zero-order valence-electron chi connectivity index (χ0n) is 17.7. The van der Waals surface area contributed by atoms with Gasteiger partial charge in [-0.3, -0.25) is 9.59 Å². The highest BCUT2D eigenvalue weighted by molar-refractivity contribution is 7.80. The van der Waals surface area contributed by atoms with Gasteiger partial charge in [0.25, 0.3) is 5.91 Å². The molecule has 1 aliphatic rings. The standard InChI is InChI=1S/C26H25N3O2S/c30-24(23(19-10-3-1-4-11-19)20-12-5-2-6-13-20)28-26(32)27-22-15-9-14-21(18-22)25(31)29-16-7-8-17-29/h1-6,9-15,18,23H,7-8,16-17H2,(H2,27,28,30,32). The van der Waals surface area contributed by atoms with Crippen LogP contribution in [0.2, 0.25) is 0 Å². The molecule has 0 saturated carbocycles. The third kappa shape index (κ3) is 5.21. The fourth-order valence-corrected chi connectivity index (χ4v) is 4.18. The minimum atomic E-state index is -0.486. The maximum atomic E-state index is 13.2. The van der Waals surface area contributed by atoms with Crippen LogP contribution in [0.4, 0.5) is 5.69 Å². The van der Waals surface area contributed by atoms with E-state index in [1.165, 1.54) is 0 Å². The number of nitrogens with zero attached hydrogens (tertiary/aromatic N) is 1. The van der Waals surface area contributed by atoms with Crippen LogP contribution < -0.4 is 10.6 Å². The molecule has 0 radical (unpaired) electrons. The van der Waals surface area contributed by atoms with Crippen LogP contribution in [0.15, 0.2) is 84.9 Å². The Labute approximate surface area is 193 Å². The molecule has 162 valence electrons. The third-order valence-corrected chi connectivity index (χ3v) is 5.73. The summed E-state index contributed by atoms with van der Waals surface area (Å²) in [5.74, 6) is -0.682. The van der Waals surface area contributed by atoms with Gasteiger partial charge in [-0.25, -0.2) is 0 Å². The molecule has 2 N–H and O–H groups in total. The predicted molar refractivity (Wildman–Crippen MR) is 131 cm³/mol. The number of rotatable bonds is 5. The lowest BCUT2D eigenvalue weighted by atomic mass is 9.90. The van der Waals surface area contributed by atoms with E-state index in [9.17, 15) is 9.59 Å². The highest BCUT2D eigenvalue weighted by Gasteiger charge is 2.24. The molecule has 1 heterocycles. The molecule has 3 aromatic carbocycles. The van der Waals surface area contributed by atoms with Gasteiger partial charge in [0.05, 0.1) is 5.92 Å². The van der Waals surface area contributed by atoms with Gasteiger partial charge in [0.2, 0.25) is 5.91 Å². The maximum absolute atomic E-state index is 13.2. The summed E-state index contributed by atoms with van der Waals surface area (Å²) in [7, 11) is 0. The Kier molecular flexibility index (Phi) is 6.92. The summed E-state index contributed by atoms with van der Waals surface area (Å²) < 4.78 is 0. The number of thiocarbonyl (C=S) groups is 1. The van der Waals surface area contributed by atoms with E-state index in [4.69, 9.17) is 12.2 Å². The van der Waals surface area contributed by atoms with Gasteiger partial charge in [0.15, 0.2) is 5.11 Å². The number of anilines is 1. The number of hydrogen-bond donors (Lipinski definition) is 2. The number of nitrogens with one attached hydrogen (secondary N) is 2. The molecule has 0 spiro atoms. The Morgan fingerprint density at radius 3 is 2.00 bits per heavy atom. The monoisotopic (exact) mass is 443 g/mol. The first kappa shape index (κ1) is 21.7. The Morgan fingerprint density at radius 1 is 0.812 bits per heavy atom. The first-order valence-electron chi connectivity index (χ1n) is 10.7. The molecule has 1 aliphatic heterocycles. The van der Waals surface area contributed by atoms with Crippen LogP contribution >= 0.6 is 12.2 Å². The van der Waals surface area contributed by atoms with Crippen molar-refractivity contribution in [2.45, 2.75) is 18.8 Å². The van der Waals surface area contributed by atoms with E-state index in [1.807, 2.05) is 77.7 Å². The fraction of sp³-hybridized carbons (Fsp3) is 0.192. The molecule has 4 rings (SSSR count). The van der Waals surface area contributed by atoms with Crippen LogP contribution in [0.5, 0.6) is 0 Å². The van der Waals surface area contributed by atoms with E-state index in [1.54, 1.807) is 12.1 Å². The number of likely N-dealkylation sites (tertiary alicyclic amines) is 1. The molecule has 0 aromatic heterocycles. The van der Waals surface area contributed by atoms with E-state index >= 15 is 0 Å². The van der Waals surface area contributed by atoms with E-state index in [0.29, 0.717) is 11.3 Å². The normalized spacial score (nSPS) is 13.1. The second-order valence-electron chi connectivity index (χ2n) is 7.78. The predicted octanol–water partition coefficient (Wildman–Crippen LogP) is 4.57. The average molecular weight is 444 g/mol. The van der Waals surface area contributed by atoms with Crippen LogP contribution in [0.1, 0.15) is 40.2 Å². The zero-order valence-corrected chi connectivity index (χ0v) is 18.5. The largest absolute Gasteiger partial charge is 0.339 e. The lowest BCUT2D eigenvalue weighted by Crippen LogP contribution is -2.38. The van der Waals surface area contributed by atoms with E-state index in [-0.39, 0.29) is 16.9 Å². The molecule has 5 nitrogen and oxygen atoms in total. The molecule has 6 heteroatoms. The smallest absolute Gasteiger partial charge is 0.253 e. The van der Waals surface area contributed by atoms with Gasteiger partial charge < -0.3 is 15.5 Å². The highest BCUT2D eigenvalue weighted by atomic mass is 32.1. The molecule has 0 bridgehead atoms. The Balaban J connectivity index is 1.46. The second-order valence-corrected chi connectivity index (χ2v) is 8.19. The molecule has 32 heavy (non-hydrogen) atoms. The molecule has 0 atom stereocenters. The number of hydrogen-bond acceptors (Lipinski definition) is 3. The van der Waals surface area contributed by atoms with Gasteiger partial charge >= 0.3 is 0 Å². The Hall–Kier alpha value is -3.51. The number of benzene rings is 3. The molecule has 0 aliphatic carbocycles. The van der Waals surface area contributed by atoms with Crippen molar-refractivity contribution < 1.29 is 9.59 Å². The van der Waals surface area contributed by atoms with Crippen molar-refractivity contribution in [3.05, 3.63) is 102 Å². The molecule has 0 unspecified atom stereocenters. The van der Waals surface area contributed by atoms with Crippen LogP contribution in [0.25, 0.3) is 0 Å². The summed E-state index contributed by atoms with van der Waals surface area (Å²) >= 11 is 5.41. The topological polar surface area (TPSA) is 61.4 Å². The third-order valence-electron chi connectivity index (χ3n) is 5.53. The van der Waals surface area contributed by atoms with Crippen molar-refractivity contribution in [2.75, 3.05) is 18.4 Å². The quantitative estimate of drug-likeness (QED) is 0.567. The molecule has 1 saturated heterocycles. The number of carbonyl (C=O) groups is 2. The summed E-state index contributed by atoms with van der Waals surface area (Å²) in [4.78, 5) is 27.7. The van der Waals surface area contributed by atoms with Crippen molar-refractivity contribution >= 4 is 34.8 Å². The summed E-state index contributed by atoms with van der Waals surface area (Å²) in [6.45, 7) is 1.59. The van der Waals surface area contributed by atoms with Gasteiger partial charge in [0.1, 0.15) is 0 Å². The average Bonchev–Trinajstić information content (AvgIpc) is 3.35. The SMILES string of the molecule is O=C(NC(=S)Nc1cccc(C(=O)N2CCCC2)c1)C(c1ccccc1)c1ccccc1. The van der Waals surface area contributed by atoms with Crippen LogP contribution in [-0.2, 0) is 4.79 Å². The minimum Gasteiger partial charge on any atom is -0.339 e. The van der Waals surface area contributed by atoms with Gasteiger partial charge in [-0.15, -0.1) is 0 Å². The van der Waals surface area contributed by atoms with E-state index < -0.39 is 5.92 Å². The summed E-state index contributed by atoms with van der Waals surface area (Å²) in [5.41, 5.74) is 3.04. The Morgan fingerprint density at radius 2 is 1.41 bits per heavy atom. The fourth-order valence-electron chi connectivity index (χ4n) is 3.97. The first-order chi connectivity index (χ1) is 15.6. The van der Waals surface area contributed by atoms with Crippen LogP contribution in [-0.4, -0.2) is 34.9 Å². The van der Waals surface area contributed by atoms with E-state index in [0.717, 1.165) is 37.1 Å². The summed E-state index contributed by atoms with van der Waals surface area (Å²) in [6, 6.07) is 26.4. The van der Waals surface area contributed by atoms with Gasteiger partial charge in [0, 0.05) is 24.3 Å². The minimum absolute atomic E-state index is 0.0225. The number of amides is 2. The van der Waals surface area contributed by atoms with Gasteiger partial charge in [-0.05, 0) is 54.4 Å². The highest BCUT2D eigenvalue weighted by Crippen LogP contribution is 2.25. The van der Waals surface area contributed by atoms with Crippen molar-refractivity contribution in [3.8, 4) is 0 Å². The lowest BCUT2D eigenvalue weighted by molar-refractivity contribution is -0.120. The van der Waals surface area contributed by atoms with Crippen molar-refractivity contribution in [1.82, 2.24) is 10.2 Å². The number of carbonyl (C=O) groups excluding carboxylic acids is 2. The van der Waals surface area contributed by atoms with Crippen molar-refractivity contribution in [2.24, 2.45) is 0 Å². The van der Waals surface area contributed by atoms with Gasteiger partial charge in [-0.2, -0.15) is 0 Å².